The largest absolute Gasteiger partial charge is 0.500 e. The molecule has 0 aliphatic carbocycles. The molecule has 0 spiro atoms. The predicted molar refractivity (Wildman–Crippen MR) is 84.1 cm³/mol. The minimum Gasteiger partial charge on any atom is -0.374 e. The maximum absolute atomic E-state index is 5.75. The second-order valence-corrected chi connectivity index (χ2v) is 8.76. The monoisotopic (exact) mass is 314 g/mol. The Morgan fingerprint density at radius 1 is 1.12 bits per heavy atom. The molecule has 0 aromatic heterocycles. The summed E-state index contributed by atoms with van der Waals surface area (Å²) in [6.07, 6.45) is 0.970. The van der Waals surface area contributed by atoms with Gasteiger partial charge in [-0.25, -0.2) is 0 Å². The van der Waals surface area contributed by atoms with E-state index in [1.54, 1.807) is 11.8 Å². The first-order valence-electron chi connectivity index (χ1n) is 5.87. The van der Waals surface area contributed by atoms with Crippen LogP contribution in [0.5, 0.6) is 0 Å². The van der Waals surface area contributed by atoms with Gasteiger partial charge in [-0.1, -0.05) is 12.2 Å². The summed E-state index contributed by atoms with van der Waals surface area (Å²) in [6.45, 7) is 7.80. The van der Waals surface area contributed by atoms with Gasteiger partial charge in [-0.2, -0.15) is 0 Å². The van der Waals surface area contributed by atoms with E-state index in [0.717, 1.165) is 18.2 Å². The summed E-state index contributed by atoms with van der Waals surface area (Å²) in [4.78, 5) is 0. The average molecular weight is 315 g/mol. The predicted octanol–water partition coefficient (Wildman–Crippen LogP) is 3.37. The lowest BCUT2D eigenvalue weighted by atomic mass is 10.6. The number of thiol groups is 1. The van der Waals surface area contributed by atoms with Gasteiger partial charge in [-0.15, -0.1) is 24.4 Å². The quantitative estimate of drug-likeness (QED) is 0.289. The summed E-state index contributed by atoms with van der Waals surface area (Å²) in [5, 5.41) is 0. The van der Waals surface area contributed by atoms with Gasteiger partial charge in [0.2, 0.25) is 0 Å². The fraction of sp³-hybridized carbons (Fsp3) is 0.900. The van der Waals surface area contributed by atoms with Crippen molar-refractivity contribution in [3.05, 3.63) is 0 Å². The highest BCUT2D eigenvalue weighted by Gasteiger charge is 2.39. The Balaban J connectivity index is 4.18. The third kappa shape index (κ3) is 8.58. The molecule has 7 heteroatoms. The van der Waals surface area contributed by atoms with E-state index in [1.165, 1.54) is 0 Å². The van der Waals surface area contributed by atoms with Crippen molar-refractivity contribution in [2.75, 3.05) is 25.6 Å². The third-order valence-electron chi connectivity index (χ3n) is 1.95. The number of hydrogen-bond acceptors (Lipinski definition) is 5. The molecule has 0 aliphatic rings. The molecule has 0 bridgehead atoms. The zero-order valence-electron chi connectivity index (χ0n) is 10.7. The van der Waals surface area contributed by atoms with E-state index in [2.05, 4.69) is 12.6 Å². The molecule has 0 aliphatic heterocycles. The molecular formula is C10H22O3S3Si. The second kappa shape index (κ2) is 10.8. The first kappa shape index (κ1) is 17.9. The fourth-order valence-electron chi connectivity index (χ4n) is 1.45. The van der Waals surface area contributed by atoms with Gasteiger partial charge >= 0.3 is 8.80 Å². The van der Waals surface area contributed by atoms with Crippen LogP contribution in [0.15, 0.2) is 0 Å². The van der Waals surface area contributed by atoms with Gasteiger partial charge in [0.1, 0.15) is 3.53 Å². The van der Waals surface area contributed by atoms with Gasteiger partial charge in [-0.3, -0.25) is 0 Å². The van der Waals surface area contributed by atoms with Crippen LogP contribution in [0.25, 0.3) is 0 Å². The molecule has 0 saturated carbocycles. The van der Waals surface area contributed by atoms with Gasteiger partial charge in [0, 0.05) is 25.9 Å². The van der Waals surface area contributed by atoms with Gasteiger partial charge < -0.3 is 13.3 Å². The molecule has 0 aromatic carbocycles. The normalized spacial score (nSPS) is 11.8. The maximum atomic E-state index is 5.75. The lowest BCUT2D eigenvalue weighted by Crippen LogP contribution is -2.46. The Kier molecular flexibility index (Phi) is 11.3. The third-order valence-corrected chi connectivity index (χ3v) is 6.58. The van der Waals surface area contributed by atoms with Crippen LogP contribution in [0.1, 0.15) is 27.2 Å². The summed E-state index contributed by atoms with van der Waals surface area (Å²) < 4.78 is 17.9. The first-order valence-corrected chi connectivity index (χ1v) is 9.65. The van der Waals surface area contributed by atoms with E-state index >= 15 is 0 Å². The molecule has 0 fully saturated rings. The van der Waals surface area contributed by atoms with E-state index in [-0.39, 0.29) is 0 Å². The van der Waals surface area contributed by atoms with Crippen molar-refractivity contribution in [2.45, 2.75) is 33.2 Å². The SMILES string of the molecule is CCO[Si](CCCSC(=S)S)(OCC)OCC. The van der Waals surface area contributed by atoms with Crippen LogP contribution < -0.4 is 0 Å². The fourth-order valence-corrected chi connectivity index (χ4v) is 5.31. The van der Waals surface area contributed by atoms with Gasteiger partial charge in [-0.05, 0) is 32.9 Å². The molecule has 0 saturated heterocycles. The van der Waals surface area contributed by atoms with Crippen LogP contribution >= 0.6 is 36.6 Å². The lowest BCUT2D eigenvalue weighted by molar-refractivity contribution is 0.0712. The van der Waals surface area contributed by atoms with Crippen molar-refractivity contribution in [3.8, 4) is 0 Å². The maximum Gasteiger partial charge on any atom is 0.500 e. The Morgan fingerprint density at radius 3 is 1.94 bits per heavy atom. The summed E-state index contributed by atoms with van der Waals surface area (Å²) in [6, 6.07) is 0.839. The van der Waals surface area contributed by atoms with E-state index in [4.69, 9.17) is 25.5 Å². The van der Waals surface area contributed by atoms with Crippen molar-refractivity contribution in [3.63, 3.8) is 0 Å². The highest BCUT2D eigenvalue weighted by atomic mass is 32.2. The van der Waals surface area contributed by atoms with E-state index < -0.39 is 8.80 Å². The Bertz CT molecular complexity index is 200. The molecule has 0 radical (unpaired) electrons. The van der Waals surface area contributed by atoms with E-state index in [1.807, 2.05) is 20.8 Å². The Labute approximate surface area is 121 Å². The molecule has 0 rings (SSSR count). The molecule has 0 atom stereocenters. The molecule has 0 aromatic rings. The van der Waals surface area contributed by atoms with Crippen LogP contribution in [0.3, 0.4) is 0 Å². The summed E-state index contributed by atoms with van der Waals surface area (Å²) in [5.74, 6) is 0.935. The summed E-state index contributed by atoms with van der Waals surface area (Å²) >= 11 is 10.6. The van der Waals surface area contributed by atoms with Crippen molar-refractivity contribution < 1.29 is 13.3 Å². The molecule has 0 heterocycles. The van der Waals surface area contributed by atoms with Gasteiger partial charge in [0.05, 0.1) is 0 Å². The van der Waals surface area contributed by atoms with Crippen molar-refractivity contribution in [1.82, 2.24) is 0 Å². The van der Waals surface area contributed by atoms with Crippen LogP contribution in [0, 0.1) is 0 Å². The number of hydrogen-bond donors (Lipinski definition) is 1. The summed E-state index contributed by atoms with van der Waals surface area (Å²) in [7, 11) is -2.45. The molecule has 0 N–H and O–H groups in total. The van der Waals surface area contributed by atoms with Crippen LogP contribution in [0.2, 0.25) is 6.04 Å². The topological polar surface area (TPSA) is 27.7 Å². The van der Waals surface area contributed by atoms with E-state index in [9.17, 15) is 0 Å². The highest BCUT2D eigenvalue weighted by molar-refractivity contribution is 8.41. The van der Waals surface area contributed by atoms with Crippen LogP contribution in [-0.2, 0) is 13.3 Å². The minimum absolute atomic E-state index is 0.629. The number of thiocarbonyl (C=S) groups is 1. The molecule has 102 valence electrons. The number of rotatable bonds is 10. The molecule has 3 nitrogen and oxygen atoms in total. The molecule has 17 heavy (non-hydrogen) atoms. The zero-order chi connectivity index (χ0) is 13.1. The summed E-state index contributed by atoms with van der Waals surface area (Å²) in [5.41, 5.74) is 0. The zero-order valence-corrected chi connectivity index (χ0v) is 14.3. The minimum atomic E-state index is -2.45. The van der Waals surface area contributed by atoms with Crippen molar-refractivity contribution in [1.29, 1.82) is 0 Å². The van der Waals surface area contributed by atoms with Gasteiger partial charge in [0.15, 0.2) is 0 Å². The van der Waals surface area contributed by atoms with E-state index in [0.29, 0.717) is 23.3 Å². The van der Waals surface area contributed by atoms with Crippen molar-refractivity contribution in [2.24, 2.45) is 0 Å². The van der Waals surface area contributed by atoms with Crippen LogP contribution in [-0.4, -0.2) is 37.9 Å². The Morgan fingerprint density at radius 2 is 1.59 bits per heavy atom. The number of thioether (sulfide) groups is 1. The van der Waals surface area contributed by atoms with Crippen LogP contribution in [0.4, 0.5) is 0 Å². The van der Waals surface area contributed by atoms with Crippen molar-refractivity contribution >= 4 is 48.9 Å². The highest BCUT2D eigenvalue weighted by Crippen LogP contribution is 2.20. The lowest BCUT2D eigenvalue weighted by Gasteiger charge is -2.28. The Hall–Kier alpha value is 0.887. The first-order chi connectivity index (χ1) is 8.10. The second-order valence-electron chi connectivity index (χ2n) is 3.20. The average Bonchev–Trinajstić information content (AvgIpc) is 2.25. The van der Waals surface area contributed by atoms with Gasteiger partial charge in [0.25, 0.3) is 0 Å². The molecular weight excluding hydrogens is 292 g/mol. The standard InChI is InChI=1S/C10H22O3S3Si/c1-4-11-17(12-5-2,13-6-3)9-7-8-16-10(14)15/h4-9H2,1-3H3,(H,14,15). The smallest absolute Gasteiger partial charge is 0.374 e. The molecule has 0 unspecified atom stereocenters. The molecule has 0 amide bonds.